The summed E-state index contributed by atoms with van der Waals surface area (Å²) in [5, 5.41) is 0. The maximum atomic E-state index is 13.0. The van der Waals surface area contributed by atoms with Crippen molar-refractivity contribution in [3.05, 3.63) is 42.5 Å². The van der Waals surface area contributed by atoms with Crippen LogP contribution in [0, 0.1) is 0 Å². The summed E-state index contributed by atoms with van der Waals surface area (Å²) in [6, 6.07) is 1.62. The van der Waals surface area contributed by atoms with Crippen molar-refractivity contribution in [2.45, 2.75) is 44.9 Å². The Balaban J connectivity index is 1.53. The van der Waals surface area contributed by atoms with Gasteiger partial charge < -0.3 is 19.1 Å². The second-order valence-corrected chi connectivity index (χ2v) is 7.40. The number of likely N-dealkylation sites (tertiary alicyclic amines) is 1. The van der Waals surface area contributed by atoms with Crippen LogP contribution in [-0.2, 0) is 21.7 Å². The Morgan fingerprint density at radius 1 is 1.21 bits per heavy atom. The molecule has 0 N–H and O–H groups in total. The summed E-state index contributed by atoms with van der Waals surface area (Å²) in [6.45, 7) is 6.75. The molecule has 1 saturated heterocycles. The number of carbonyl (C=O) groups excluding carboxylic acids is 2. The average Bonchev–Trinajstić information content (AvgIpc) is 3.25. The quantitative estimate of drug-likeness (QED) is 0.765. The van der Waals surface area contributed by atoms with Gasteiger partial charge >= 0.3 is 0 Å². The van der Waals surface area contributed by atoms with E-state index in [0.29, 0.717) is 51.3 Å². The second kappa shape index (κ2) is 7.90. The third-order valence-electron chi connectivity index (χ3n) is 5.86. The number of ether oxygens (including phenoxy) is 1. The number of hydrogen-bond acceptors (Lipinski definition) is 6. The first-order valence-electron chi connectivity index (χ1n) is 10.1. The summed E-state index contributed by atoms with van der Waals surface area (Å²) in [7, 11) is 0. The van der Waals surface area contributed by atoms with Crippen LogP contribution >= 0.6 is 0 Å². The molecule has 0 bridgehead atoms. The molecule has 9 nitrogen and oxygen atoms in total. The lowest BCUT2D eigenvalue weighted by Gasteiger charge is -2.46. The lowest BCUT2D eigenvalue weighted by Crippen LogP contribution is -2.55. The van der Waals surface area contributed by atoms with Crippen molar-refractivity contribution in [3.8, 4) is 0 Å². The zero-order chi connectivity index (χ0) is 20.4. The molecule has 2 aromatic heterocycles. The van der Waals surface area contributed by atoms with Crippen molar-refractivity contribution < 1.29 is 14.3 Å². The first kappa shape index (κ1) is 19.5. The SMILES string of the molecule is CCN(CC)C(=O)[C@H]1Cn2ccnc2C2(CCN(C(=O)c3ccncn3)CC2)O1. The van der Waals surface area contributed by atoms with Crippen LogP contribution < -0.4 is 0 Å². The lowest BCUT2D eigenvalue weighted by molar-refractivity contribution is -0.179. The van der Waals surface area contributed by atoms with Crippen molar-refractivity contribution in [2.24, 2.45) is 0 Å². The van der Waals surface area contributed by atoms with E-state index in [2.05, 4.69) is 15.0 Å². The summed E-state index contributed by atoms with van der Waals surface area (Å²) in [6.07, 6.45) is 7.23. The van der Waals surface area contributed by atoms with Crippen LogP contribution in [0.25, 0.3) is 0 Å². The van der Waals surface area contributed by atoms with E-state index >= 15 is 0 Å². The largest absolute Gasteiger partial charge is 0.352 e. The molecule has 2 aromatic rings. The number of likely N-dealkylation sites (N-methyl/N-ethyl adjacent to an activating group) is 1. The molecule has 4 heterocycles. The van der Waals surface area contributed by atoms with Crippen molar-refractivity contribution in [1.29, 1.82) is 0 Å². The fraction of sp³-hybridized carbons (Fsp3) is 0.550. The number of rotatable bonds is 4. The monoisotopic (exact) mass is 398 g/mol. The average molecular weight is 398 g/mol. The summed E-state index contributed by atoms with van der Waals surface area (Å²) in [5.74, 6) is 0.737. The predicted octanol–water partition coefficient (Wildman–Crippen LogP) is 1.07. The summed E-state index contributed by atoms with van der Waals surface area (Å²) in [4.78, 5) is 41.7. The third-order valence-corrected chi connectivity index (χ3v) is 5.86. The highest BCUT2D eigenvalue weighted by Gasteiger charge is 2.48. The van der Waals surface area contributed by atoms with E-state index in [-0.39, 0.29) is 11.8 Å². The van der Waals surface area contributed by atoms with Gasteiger partial charge in [0.2, 0.25) is 0 Å². The fourth-order valence-corrected chi connectivity index (χ4v) is 4.26. The fourth-order valence-electron chi connectivity index (χ4n) is 4.26. The Morgan fingerprint density at radius 2 is 1.97 bits per heavy atom. The molecule has 0 unspecified atom stereocenters. The Morgan fingerprint density at radius 3 is 2.62 bits per heavy atom. The van der Waals surface area contributed by atoms with Crippen molar-refractivity contribution in [3.63, 3.8) is 0 Å². The van der Waals surface area contributed by atoms with Crippen LogP contribution in [0.5, 0.6) is 0 Å². The number of amides is 2. The number of aromatic nitrogens is 4. The van der Waals surface area contributed by atoms with E-state index in [9.17, 15) is 9.59 Å². The topological polar surface area (TPSA) is 93.5 Å². The second-order valence-electron chi connectivity index (χ2n) is 7.40. The van der Waals surface area contributed by atoms with E-state index in [4.69, 9.17) is 4.74 Å². The molecule has 1 spiro atoms. The molecular formula is C20H26N6O3. The Hall–Kier alpha value is -2.81. The molecule has 0 saturated carbocycles. The minimum absolute atomic E-state index is 0.00761. The first-order valence-corrected chi connectivity index (χ1v) is 10.1. The normalized spacial score (nSPS) is 20.3. The van der Waals surface area contributed by atoms with Gasteiger partial charge in [0.25, 0.3) is 11.8 Å². The summed E-state index contributed by atoms with van der Waals surface area (Å²) in [5.41, 5.74) is -0.269. The molecule has 0 radical (unpaired) electrons. The van der Waals surface area contributed by atoms with Gasteiger partial charge in [-0.2, -0.15) is 0 Å². The molecule has 2 aliphatic heterocycles. The van der Waals surface area contributed by atoms with E-state index in [1.807, 2.05) is 24.6 Å². The number of nitrogens with zero attached hydrogens (tertiary/aromatic N) is 6. The van der Waals surface area contributed by atoms with Gasteiger partial charge in [-0.05, 0) is 19.9 Å². The molecule has 2 amide bonds. The first-order chi connectivity index (χ1) is 14.1. The van der Waals surface area contributed by atoms with Crippen molar-refractivity contribution in [1.82, 2.24) is 29.3 Å². The minimum Gasteiger partial charge on any atom is -0.352 e. The number of hydrogen-bond donors (Lipinski definition) is 0. The number of imidazole rings is 1. The number of carbonyl (C=O) groups is 2. The van der Waals surface area contributed by atoms with Gasteiger partial charge in [-0.15, -0.1) is 0 Å². The highest BCUT2D eigenvalue weighted by Crippen LogP contribution is 2.40. The molecule has 2 aliphatic rings. The Bertz CT molecular complexity index is 871. The van der Waals surface area contributed by atoms with Crippen LogP contribution in [0.2, 0.25) is 0 Å². The molecule has 0 aliphatic carbocycles. The van der Waals surface area contributed by atoms with E-state index in [1.165, 1.54) is 6.33 Å². The number of fused-ring (bicyclic) bond motifs is 2. The van der Waals surface area contributed by atoms with Crippen LogP contribution in [-0.4, -0.2) is 73.4 Å². The van der Waals surface area contributed by atoms with Crippen LogP contribution in [0.1, 0.15) is 43.0 Å². The van der Waals surface area contributed by atoms with Crippen LogP contribution in [0.3, 0.4) is 0 Å². The van der Waals surface area contributed by atoms with Gasteiger partial charge in [-0.3, -0.25) is 9.59 Å². The van der Waals surface area contributed by atoms with Crippen molar-refractivity contribution >= 4 is 11.8 Å². The Kier molecular flexibility index (Phi) is 5.31. The maximum absolute atomic E-state index is 13.0. The van der Waals surface area contributed by atoms with E-state index in [1.54, 1.807) is 28.3 Å². The molecule has 29 heavy (non-hydrogen) atoms. The minimum atomic E-state index is -0.655. The Labute approximate surface area is 169 Å². The standard InChI is InChI=1S/C20H26N6O3/c1-3-24(4-2)18(28)16-13-26-12-9-22-19(26)20(29-16)6-10-25(11-7-20)17(27)15-5-8-21-14-23-15/h5,8-9,12,14,16H,3-4,6-7,10-11,13H2,1-2H3/t16-/m1/s1. The van der Waals surface area contributed by atoms with Gasteiger partial charge in [0.15, 0.2) is 6.10 Å². The molecule has 1 atom stereocenters. The van der Waals surface area contributed by atoms with Crippen LogP contribution in [0.4, 0.5) is 0 Å². The predicted molar refractivity (Wildman–Crippen MR) is 104 cm³/mol. The van der Waals surface area contributed by atoms with E-state index < -0.39 is 11.7 Å². The lowest BCUT2D eigenvalue weighted by atomic mass is 9.88. The van der Waals surface area contributed by atoms with Crippen LogP contribution in [0.15, 0.2) is 31.0 Å². The highest BCUT2D eigenvalue weighted by atomic mass is 16.5. The molecular weight excluding hydrogens is 372 g/mol. The molecule has 9 heteroatoms. The number of piperidine rings is 1. The zero-order valence-electron chi connectivity index (χ0n) is 16.8. The van der Waals surface area contributed by atoms with Crippen molar-refractivity contribution in [2.75, 3.05) is 26.2 Å². The molecule has 154 valence electrons. The smallest absolute Gasteiger partial charge is 0.272 e. The highest BCUT2D eigenvalue weighted by molar-refractivity contribution is 5.92. The molecule has 0 aromatic carbocycles. The molecule has 4 rings (SSSR count). The zero-order valence-corrected chi connectivity index (χ0v) is 16.8. The van der Waals surface area contributed by atoms with Gasteiger partial charge in [0, 0.05) is 57.6 Å². The third kappa shape index (κ3) is 3.50. The van der Waals surface area contributed by atoms with E-state index in [0.717, 1.165) is 5.82 Å². The van der Waals surface area contributed by atoms with Gasteiger partial charge in [-0.25, -0.2) is 15.0 Å². The maximum Gasteiger partial charge on any atom is 0.272 e. The van der Waals surface area contributed by atoms with Gasteiger partial charge in [-0.1, -0.05) is 0 Å². The van der Waals surface area contributed by atoms with Gasteiger partial charge in [0.1, 0.15) is 23.4 Å². The summed E-state index contributed by atoms with van der Waals surface area (Å²) >= 11 is 0. The van der Waals surface area contributed by atoms with Gasteiger partial charge in [0.05, 0.1) is 6.54 Å². The summed E-state index contributed by atoms with van der Waals surface area (Å²) < 4.78 is 8.47. The molecule has 1 fully saturated rings.